The molecule has 0 aliphatic carbocycles. The first-order valence-electron chi connectivity index (χ1n) is 6.49. The van der Waals surface area contributed by atoms with Crippen LogP contribution in [0.1, 0.15) is 31.4 Å². The van der Waals surface area contributed by atoms with Crippen molar-refractivity contribution in [1.29, 1.82) is 0 Å². The molecule has 1 aromatic rings. The highest BCUT2D eigenvalue weighted by Gasteiger charge is 2.15. The van der Waals surface area contributed by atoms with Gasteiger partial charge < -0.3 is 15.2 Å². The van der Waals surface area contributed by atoms with Crippen LogP contribution in [0.3, 0.4) is 0 Å². The SMILES string of the molecule is COC(C)(C)CCOCc1ccccc1CCN. The Bertz CT molecular complexity index is 350. The lowest BCUT2D eigenvalue weighted by molar-refractivity contribution is -0.0125. The Hall–Kier alpha value is -0.900. The van der Waals surface area contributed by atoms with Crippen LogP contribution in [0.15, 0.2) is 24.3 Å². The average Bonchev–Trinajstić information content (AvgIpc) is 2.37. The maximum absolute atomic E-state index is 5.72. The molecule has 0 saturated carbocycles. The Kier molecular flexibility index (Phi) is 6.33. The molecule has 0 fully saturated rings. The summed E-state index contributed by atoms with van der Waals surface area (Å²) in [7, 11) is 1.73. The minimum absolute atomic E-state index is 0.114. The van der Waals surface area contributed by atoms with E-state index in [0.29, 0.717) is 19.8 Å². The van der Waals surface area contributed by atoms with Crippen LogP contribution in [0.2, 0.25) is 0 Å². The third-order valence-electron chi connectivity index (χ3n) is 3.19. The molecule has 1 rings (SSSR count). The number of hydrogen-bond acceptors (Lipinski definition) is 3. The molecule has 0 heterocycles. The molecule has 102 valence electrons. The number of nitrogens with two attached hydrogens (primary N) is 1. The molecule has 3 heteroatoms. The molecule has 2 N–H and O–H groups in total. The van der Waals surface area contributed by atoms with Crippen LogP contribution in [0.5, 0.6) is 0 Å². The normalized spacial score (nSPS) is 11.8. The van der Waals surface area contributed by atoms with Gasteiger partial charge >= 0.3 is 0 Å². The summed E-state index contributed by atoms with van der Waals surface area (Å²) in [4.78, 5) is 0. The van der Waals surface area contributed by atoms with Crippen LogP contribution in [-0.2, 0) is 22.5 Å². The van der Waals surface area contributed by atoms with Gasteiger partial charge in [-0.1, -0.05) is 24.3 Å². The van der Waals surface area contributed by atoms with Gasteiger partial charge in [-0.2, -0.15) is 0 Å². The van der Waals surface area contributed by atoms with E-state index in [-0.39, 0.29) is 5.60 Å². The van der Waals surface area contributed by atoms with Gasteiger partial charge in [0, 0.05) is 13.7 Å². The molecule has 1 aromatic carbocycles. The lowest BCUT2D eigenvalue weighted by Gasteiger charge is -2.22. The third kappa shape index (κ3) is 5.17. The van der Waals surface area contributed by atoms with E-state index in [9.17, 15) is 0 Å². The minimum atomic E-state index is -0.114. The van der Waals surface area contributed by atoms with Gasteiger partial charge in [0.05, 0.1) is 12.2 Å². The van der Waals surface area contributed by atoms with Crippen molar-refractivity contribution in [3.63, 3.8) is 0 Å². The van der Waals surface area contributed by atoms with E-state index in [2.05, 4.69) is 26.0 Å². The van der Waals surface area contributed by atoms with Crippen molar-refractivity contribution in [3.8, 4) is 0 Å². The second kappa shape index (κ2) is 7.52. The molecular formula is C15H25NO2. The standard InChI is InChI=1S/C15H25NO2/c1-15(2,17-3)9-11-18-12-14-7-5-4-6-13(14)8-10-16/h4-7H,8-12,16H2,1-3H3. The van der Waals surface area contributed by atoms with Gasteiger partial charge in [0.1, 0.15) is 0 Å². The number of rotatable bonds is 8. The molecule has 0 atom stereocenters. The highest BCUT2D eigenvalue weighted by molar-refractivity contribution is 5.26. The highest BCUT2D eigenvalue weighted by atomic mass is 16.5. The van der Waals surface area contributed by atoms with Crippen molar-refractivity contribution in [2.45, 2.75) is 38.9 Å². The quantitative estimate of drug-likeness (QED) is 0.722. The van der Waals surface area contributed by atoms with E-state index >= 15 is 0 Å². The number of ether oxygens (including phenoxy) is 2. The zero-order valence-electron chi connectivity index (χ0n) is 11.7. The predicted octanol–water partition coefficient (Wildman–Crippen LogP) is 2.52. The molecule has 0 amide bonds. The van der Waals surface area contributed by atoms with Crippen LogP contribution in [0.4, 0.5) is 0 Å². The van der Waals surface area contributed by atoms with Gasteiger partial charge in [-0.3, -0.25) is 0 Å². The number of benzene rings is 1. The first-order chi connectivity index (χ1) is 8.59. The van der Waals surface area contributed by atoms with Gasteiger partial charge in [0.15, 0.2) is 0 Å². The molecule has 0 spiro atoms. The van der Waals surface area contributed by atoms with Crippen LogP contribution in [-0.4, -0.2) is 25.9 Å². The monoisotopic (exact) mass is 251 g/mol. The summed E-state index contributed by atoms with van der Waals surface area (Å²) in [5.74, 6) is 0. The van der Waals surface area contributed by atoms with Crippen LogP contribution >= 0.6 is 0 Å². The maximum Gasteiger partial charge on any atom is 0.0719 e. The number of hydrogen-bond donors (Lipinski definition) is 1. The lowest BCUT2D eigenvalue weighted by Crippen LogP contribution is -2.24. The fourth-order valence-electron chi connectivity index (χ4n) is 1.70. The molecule has 0 unspecified atom stereocenters. The van der Waals surface area contributed by atoms with Crippen molar-refractivity contribution in [2.24, 2.45) is 5.73 Å². The lowest BCUT2D eigenvalue weighted by atomic mass is 10.0. The van der Waals surface area contributed by atoms with Gasteiger partial charge in [0.2, 0.25) is 0 Å². The molecule has 0 aromatic heterocycles. The Morgan fingerprint density at radius 2 is 1.83 bits per heavy atom. The summed E-state index contributed by atoms with van der Waals surface area (Å²) < 4.78 is 11.1. The zero-order chi connectivity index (χ0) is 13.4. The van der Waals surface area contributed by atoms with E-state index < -0.39 is 0 Å². The van der Waals surface area contributed by atoms with E-state index in [0.717, 1.165) is 12.8 Å². The summed E-state index contributed by atoms with van der Waals surface area (Å²) >= 11 is 0. The highest BCUT2D eigenvalue weighted by Crippen LogP contribution is 2.14. The topological polar surface area (TPSA) is 44.5 Å². The Morgan fingerprint density at radius 1 is 1.17 bits per heavy atom. The van der Waals surface area contributed by atoms with Gasteiger partial charge in [-0.15, -0.1) is 0 Å². The fraction of sp³-hybridized carbons (Fsp3) is 0.600. The smallest absolute Gasteiger partial charge is 0.0719 e. The summed E-state index contributed by atoms with van der Waals surface area (Å²) in [5, 5.41) is 0. The first-order valence-corrected chi connectivity index (χ1v) is 6.49. The fourth-order valence-corrected chi connectivity index (χ4v) is 1.70. The zero-order valence-corrected chi connectivity index (χ0v) is 11.7. The second-order valence-corrected chi connectivity index (χ2v) is 5.07. The van der Waals surface area contributed by atoms with Gasteiger partial charge in [0.25, 0.3) is 0 Å². The van der Waals surface area contributed by atoms with Gasteiger partial charge in [-0.05, 0) is 44.4 Å². The average molecular weight is 251 g/mol. The van der Waals surface area contributed by atoms with Crippen molar-refractivity contribution < 1.29 is 9.47 Å². The van der Waals surface area contributed by atoms with Crippen molar-refractivity contribution in [3.05, 3.63) is 35.4 Å². The molecule has 0 bridgehead atoms. The second-order valence-electron chi connectivity index (χ2n) is 5.07. The Morgan fingerprint density at radius 3 is 2.44 bits per heavy atom. The van der Waals surface area contributed by atoms with E-state index in [4.69, 9.17) is 15.2 Å². The molecule has 0 aliphatic heterocycles. The Labute approximate surface area is 110 Å². The van der Waals surface area contributed by atoms with Gasteiger partial charge in [-0.25, -0.2) is 0 Å². The summed E-state index contributed by atoms with van der Waals surface area (Å²) in [6.07, 6.45) is 1.80. The van der Waals surface area contributed by atoms with E-state index in [1.807, 2.05) is 12.1 Å². The van der Waals surface area contributed by atoms with Crippen molar-refractivity contribution >= 4 is 0 Å². The van der Waals surface area contributed by atoms with Crippen molar-refractivity contribution in [1.82, 2.24) is 0 Å². The van der Waals surface area contributed by atoms with Crippen LogP contribution in [0, 0.1) is 0 Å². The molecule has 3 nitrogen and oxygen atoms in total. The Balaban J connectivity index is 2.39. The summed E-state index contributed by atoms with van der Waals surface area (Å²) in [5.41, 5.74) is 8.01. The van der Waals surface area contributed by atoms with Crippen molar-refractivity contribution in [2.75, 3.05) is 20.3 Å². The van der Waals surface area contributed by atoms with Crippen LogP contribution in [0.25, 0.3) is 0 Å². The summed E-state index contributed by atoms with van der Waals surface area (Å²) in [6, 6.07) is 8.30. The molecule has 0 radical (unpaired) electrons. The molecule has 18 heavy (non-hydrogen) atoms. The van der Waals surface area contributed by atoms with E-state index in [1.165, 1.54) is 11.1 Å². The van der Waals surface area contributed by atoms with E-state index in [1.54, 1.807) is 7.11 Å². The predicted molar refractivity (Wildman–Crippen MR) is 74.6 cm³/mol. The molecule has 0 saturated heterocycles. The molecule has 0 aliphatic rings. The maximum atomic E-state index is 5.72. The minimum Gasteiger partial charge on any atom is -0.379 e. The first kappa shape index (κ1) is 15.2. The third-order valence-corrected chi connectivity index (χ3v) is 3.19. The largest absolute Gasteiger partial charge is 0.379 e. The number of methoxy groups -OCH3 is 1. The van der Waals surface area contributed by atoms with Crippen LogP contribution < -0.4 is 5.73 Å². The summed E-state index contributed by atoms with van der Waals surface area (Å²) in [6.45, 7) is 6.17. The molecular weight excluding hydrogens is 226 g/mol.